The molecule has 0 radical (unpaired) electrons. The lowest BCUT2D eigenvalue weighted by Crippen LogP contribution is -2.61. The van der Waals surface area contributed by atoms with Crippen LogP contribution in [0.2, 0.25) is 0 Å². The lowest BCUT2D eigenvalue weighted by Gasteiger charge is -2.27. The Kier molecular flexibility index (Phi) is 26.6. The molecule has 28 heteroatoms. The van der Waals surface area contributed by atoms with E-state index in [4.69, 9.17) is 10.8 Å². The number of nitrogens with two attached hydrogens (primary N) is 1. The Morgan fingerprint density at radius 3 is 1.42 bits per heavy atom. The lowest BCUT2D eigenvalue weighted by atomic mass is 10.0. The number of aliphatic hydroxyl groups is 2. The molecule has 0 aliphatic carbocycles. The summed E-state index contributed by atoms with van der Waals surface area (Å²) in [5.74, 6) is -15.4. The molecule has 28 nitrogen and oxygen atoms in total. The highest BCUT2D eigenvalue weighted by molar-refractivity contribution is 6.00. The second-order valence-electron chi connectivity index (χ2n) is 17.7. The van der Waals surface area contributed by atoms with E-state index in [9.17, 15) is 88.2 Å². The smallest absolute Gasteiger partial charge is 0.307 e. The average molecular weight is 1070 g/mol. The third-order valence-electron chi connectivity index (χ3n) is 10.9. The predicted octanol–water partition coefficient (Wildman–Crippen LogP) is -3.76. The number of carboxylic acid groups (broad SMARTS) is 4. The number of amides is 8. The van der Waals surface area contributed by atoms with Gasteiger partial charge in [-0.3, -0.25) is 57.5 Å². The summed E-state index contributed by atoms with van der Waals surface area (Å²) in [6.07, 6.45) is -4.28. The van der Waals surface area contributed by atoms with Crippen LogP contribution < -0.4 is 48.3 Å². The summed E-state index contributed by atoms with van der Waals surface area (Å²) < 4.78 is 0. The Hall–Kier alpha value is -8.66. The van der Waals surface area contributed by atoms with Gasteiger partial charge in [-0.15, -0.1) is 0 Å². The van der Waals surface area contributed by atoms with Gasteiger partial charge in [0.15, 0.2) is 0 Å². The minimum Gasteiger partial charge on any atom is -0.508 e. The summed E-state index contributed by atoms with van der Waals surface area (Å²) in [7, 11) is 0. The van der Waals surface area contributed by atoms with Gasteiger partial charge < -0.3 is 84.0 Å². The largest absolute Gasteiger partial charge is 0.508 e. The molecule has 8 amide bonds. The maximum absolute atomic E-state index is 14.4. The minimum absolute atomic E-state index is 0.0790. The van der Waals surface area contributed by atoms with Crippen molar-refractivity contribution in [1.82, 2.24) is 42.5 Å². The van der Waals surface area contributed by atoms with Crippen LogP contribution in [0.1, 0.15) is 70.4 Å². The van der Waals surface area contributed by atoms with E-state index in [1.165, 1.54) is 31.2 Å². The van der Waals surface area contributed by atoms with Crippen LogP contribution in [0.25, 0.3) is 0 Å². The lowest BCUT2D eigenvalue weighted by molar-refractivity contribution is -0.141. The number of hydrogen-bond donors (Lipinski definition) is 16. The van der Waals surface area contributed by atoms with Crippen LogP contribution in [-0.2, 0) is 70.4 Å². The van der Waals surface area contributed by atoms with Crippen molar-refractivity contribution in [3.05, 3.63) is 77.5 Å². The number of aliphatic carboxylic acids is 4. The molecule has 0 aliphatic rings. The molecule has 0 aliphatic heterocycles. The highest BCUT2D eigenvalue weighted by Crippen LogP contribution is 2.14. The predicted molar refractivity (Wildman–Crippen MR) is 263 cm³/mol. The zero-order valence-corrected chi connectivity index (χ0v) is 41.6. The number of phenolic OH excluding ortho intramolecular Hbond substituents is 1. The Morgan fingerprint density at radius 1 is 0.500 bits per heavy atom. The Labute approximate surface area is 434 Å². The molecule has 0 saturated heterocycles. The number of phenols is 1. The fourth-order valence-corrected chi connectivity index (χ4v) is 6.89. The van der Waals surface area contributed by atoms with Crippen LogP contribution in [0, 0.1) is 5.92 Å². The maximum atomic E-state index is 14.4. The number of nitrogens with one attached hydrogen (secondary N) is 8. The first-order valence-electron chi connectivity index (χ1n) is 23.5. The first kappa shape index (κ1) is 63.5. The number of hydrogen-bond acceptors (Lipinski definition) is 16. The maximum Gasteiger partial charge on any atom is 0.307 e. The third-order valence-corrected chi connectivity index (χ3v) is 10.9. The summed E-state index contributed by atoms with van der Waals surface area (Å²) in [4.78, 5) is 155. The molecule has 0 heterocycles. The quantitative estimate of drug-likeness (QED) is 0.0305. The van der Waals surface area contributed by atoms with Gasteiger partial charge >= 0.3 is 23.9 Å². The molecule has 7 atom stereocenters. The standard InChI is InChI=1S/C48H65N9O19/c1-24(2)17-32(45(73)51-28(22-58)23-59)53-41(69)25(3)50-44(72)35(20-39(65)66)57-47(75)34(19-27-9-11-29(60)12-10-27)56-46(74)33(18-26-7-5-4-6-8-26)55-43(71)31(14-16-38(63)64)52-48(76)36(21-40(67)68)54-42(70)30(49)13-15-37(61)62/h4-13,24-25,28,31-36,58-60H,14-23,49H2,1-3H3,(H,50,72)(H,51,73)(H,52,76)(H,53,69)(H,54,70)(H,55,71)(H,56,74)(H,57,75)(H,61,62)(H,63,64)(H,65,66)(H,67,68)/b30-13-/t25-,31-,32-,33-,34-,35-,36-/m0/s1. The van der Waals surface area contributed by atoms with Gasteiger partial charge in [-0.05, 0) is 55.0 Å². The summed E-state index contributed by atoms with van der Waals surface area (Å²) in [6.45, 7) is 3.45. The van der Waals surface area contributed by atoms with Gasteiger partial charge in [0.2, 0.25) is 41.4 Å². The number of carbonyl (C=O) groups is 12. The Balaban J connectivity index is 2.53. The molecule has 0 saturated carbocycles. The van der Waals surface area contributed by atoms with Gasteiger partial charge in [0, 0.05) is 19.3 Å². The first-order chi connectivity index (χ1) is 35.7. The number of benzene rings is 2. The van der Waals surface area contributed by atoms with Gasteiger partial charge in [-0.25, -0.2) is 0 Å². The third kappa shape index (κ3) is 23.5. The number of carbonyl (C=O) groups excluding carboxylic acids is 8. The van der Waals surface area contributed by atoms with E-state index >= 15 is 0 Å². The first-order valence-corrected chi connectivity index (χ1v) is 23.5. The Morgan fingerprint density at radius 2 is 0.934 bits per heavy atom. The molecular weight excluding hydrogens is 1010 g/mol. The zero-order valence-electron chi connectivity index (χ0n) is 41.6. The molecular formula is C48H65N9O19. The van der Waals surface area contributed by atoms with Gasteiger partial charge in [0.25, 0.3) is 5.91 Å². The van der Waals surface area contributed by atoms with E-state index in [-0.39, 0.29) is 30.1 Å². The molecule has 0 bridgehead atoms. The van der Waals surface area contributed by atoms with Crippen molar-refractivity contribution in [2.24, 2.45) is 11.7 Å². The summed E-state index contributed by atoms with van der Waals surface area (Å²) in [5.41, 5.74) is 5.57. The van der Waals surface area contributed by atoms with E-state index in [2.05, 4.69) is 37.2 Å². The highest BCUT2D eigenvalue weighted by Gasteiger charge is 2.35. The molecule has 2 rings (SSSR count). The van der Waals surface area contributed by atoms with Crippen LogP contribution >= 0.6 is 0 Å². The van der Waals surface area contributed by atoms with Gasteiger partial charge in [-0.2, -0.15) is 0 Å². The van der Waals surface area contributed by atoms with Crippen LogP contribution in [0.5, 0.6) is 5.75 Å². The SMILES string of the molecule is CC(C)C[C@H](NC(=O)[C@H](C)NC(=O)[C@H](CC(=O)O)NC(=O)[C@H](Cc1ccc(O)cc1)NC(=O)[C@H](Cc1ccccc1)NC(=O)[C@H](CCC(=O)O)NC(=O)[C@H](CC(=O)O)NC(=O)/C(N)=C/CC(=O)O)C(=O)NC(CO)CO. The fraction of sp³-hybridized carbons (Fsp3) is 0.458. The highest BCUT2D eigenvalue weighted by atomic mass is 16.4. The van der Waals surface area contributed by atoms with Crippen molar-refractivity contribution in [2.75, 3.05) is 13.2 Å². The zero-order chi connectivity index (χ0) is 57.2. The molecule has 0 unspecified atom stereocenters. The molecule has 416 valence electrons. The molecule has 0 fully saturated rings. The summed E-state index contributed by atoms with van der Waals surface area (Å²) in [5, 5.41) is 84.9. The minimum atomic E-state index is -1.98. The van der Waals surface area contributed by atoms with E-state index in [1.54, 1.807) is 44.2 Å². The molecule has 17 N–H and O–H groups in total. The molecule has 2 aromatic rings. The van der Waals surface area contributed by atoms with E-state index in [0.717, 1.165) is 6.08 Å². The van der Waals surface area contributed by atoms with Crippen LogP contribution in [0.15, 0.2) is 66.4 Å². The van der Waals surface area contributed by atoms with E-state index in [1.807, 2.05) is 5.32 Å². The van der Waals surface area contributed by atoms with Gasteiger partial charge in [0.05, 0.1) is 44.2 Å². The fourth-order valence-electron chi connectivity index (χ4n) is 6.89. The van der Waals surface area contributed by atoms with E-state index < -0.39 is 177 Å². The molecule has 2 aromatic carbocycles. The number of rotatable bonds is 33. The van der Waals surface area contributed by atoms with Gasteiger partial charge in [-0.1, -0.05) is 56.3 Å². The number of carboxylic acids is 4. The molecule has 0 spiro atoms. The number of aliphatic hydroxyl groups excluding tert-OH is 2. The van der Waals surface area contributed by atoms with Crippen LogP contribution in [0.4, 0.5) is 0 Å². The van der Waals surface area contributed by atoms with Crippen molar-refractivity contribution in [2.45, 2.75) is 120 Å². The van der Waals surface area contributed by atoms with Gasteiger partial charge in [0.1, 0.15) is 48.0 Å². The monoisotopic (exact) mass is 1070 g/mol. The molecule has 0 aromatic heterocycles. The average Bonchev–Trinajstić information content (AvgIpc) is 3.34. The summed E-state index contributed by atoms with van der Waals surface area (Å²) in [6, 6.07) is 0.173. The molecule has 76 heavy (non-hydrogen) atoms. The van der Waals surface area contributed by atoms with Crippen molar-refractivity contribution in [3.63, 3.8) is 0 Å². The van der Waals surface area contributed by atoms with Crippen LogP contribution in [-0.4, -0.2) is 168 Å². The van der Waals surface area contributed by atoms with Crippen LogP contribution in [0.3, 0.4) is 0 Å². The van der Waals surface area contributed by atoms with E-state index in [0.29, 0.717) is 5.56 Å². The second kappa shape index (κ2) is 31.8. The second-order valence-corrected chi connectivity index (χ2v) is 17.7. The Bertz CT molecular complexity index is 2420. The van der Waals surface area contributed by atoms with Crippen molar-refractivity contribution < 1.29 is 93.3 Å². The normalized spacial score (nSPS) is 14.0. The van der Waals surface area contributed by atoms with Crippen molar-refractivity contribution in [1.29, 1.82) is 0 Å². The van der Waals surface area contributed by atoms with Crippen molar-refractivity contribution in [3.8, 4) is 5.75 Å². The number of aromatic hydroxyl groups is 1. The van der Waals surface area contributed by atoms with Crippen molar-refractivity contribution >= 4 is 71.1 Å². The topological polar surface area (TPSA) is 469 Å². The summed E-state index contributed by atoms with van der Waals surface area (Å²) >= 11 is 0.